The summed E-state index contributed by atoms with van der Waals surface area (Å²) in [6.07, 6.45) is 1.71. The molecule has 0 radical (unpaired) electrons. The summed E-state index contributed by atoms with van der Waals surface area (Å²) in [6, 6.07) is 11.4. The van der Waals surface area contributed by atoms with Crippen LogP contribution in [-0.2, 0) is 12.0 Å². The lowest BCUT2D eigenvalue weighted by molar-refractivity contribution is 0.251. The van der Waals surface area contributed by atoms with E-state index in [-0.39, 0.29) is 18.1 Å². The Morgan fingerprint density at radius 1 is 1.22 bits per heavy atom. The number of aliphatic hydroxyl groups excluding tert-OH is 1. The lowest BCUT2D eigenvalue weighted by atomic mass is 9.82. The van der Waals surface area contributed by atoms with Crippen LogP contribution in [0.3, 0.4) is 0 Å². The van der Waals surface area contributed by atoms with Crippen molar-refractivity contribution in [2.45, 2.75) is 25.8 Å². The third-order valence-electron chi connectivity index (χ3n) is 5.27. The van der Waals surface area contributed by atoms with Gasteiger partial charge in [0.1, 0.15) is 11.6 Å². The second kappa shape index (κ2) is 10.4. The second-order valence-electron chi connectivity index (χ2n) is 7.87. The standard InChI is InChI=1S/C23H29N5O3S/c1-23(2,17-6-8-18(31-4)9-7-17)19-15-32-22(26-19)27-21(30)25-14-16-5-10-20(24-13-16)28(3)11-12-29/h5-10,13,15,29H,11-12,14H2,1-4H3,(H2,25,26,27,30). The molecule has 0 saturated carbocycles. The van der Waals surface area contributed by atoms with Gasteiger partial charge in [0, 0.05) is 37.1 Å². The van der Waals surface area contributed by atoms with Gasteiger partial charge in [0.2, 0.25) is 0 Å². The zero-order valence-corrected chi connectivity index (χ0v) is 19.6. The number of pyridine rings is 1. The van der Waals surface area contributed by atoms with E-state index in [1.165, 1.54) is 11.3 Å². The number of carbonyl (C=O) groups is 1. The van der Waals surface area contributed by atoms with Gasteiger partial charge in [0.15, 0.2) is 5.13 Å². The van der Waals surface area contributed by atoms with Crippen LogP contribution in [0, 0.1) is 0 Å². The van der Waals surface area contributed by atoms with E-state index in [0.717, 1.165) is 28.4 Å². The third-order valence-corrected chi connectivity index (χ3v) is 6.02. The number of nitrogens with one attached hydrogen (secondary N) is 2. The van der Waals surface area contributed by atoms with E-state index < -0.39 is 0 Å². The minimum atomic E-state index is -0.324. The Morgan fingerprint density at radius 2 is 1.97 bits per heavy atom. The van der Waals surface area contributed by atoms with Gasteiger partial charge in [-0.3, -0.25) is 5.32 Å². The monoisotopic (exact) mass is 455 g/mol. The van der Waals surface area contributed by atoms with Gasteiger partial charge in [-0.05, 0) is 29.3 Å². The van der Waals surface area contributed by atoms with Crippen LogP contribution in [0.5, 0.6) is 5.75 Å². The molecule has 1 aromatic carbocycles. The van der Waals surface area contributed by atoms with Crippen LogP contribution < -0.4 is 20.3 Å². The Labute approximate surface area is 192 Å². The smallest absolute Gasteiger partial charge is 0.321 e. The van der Waals surface area contributed by atoms with Gasteiger partial charge in [0.25, 0.3) is 0 Å². The number of rotatable bonds is 9. The van der Waals surface area contributed by atoms with E-state index >= 15 is 0 Å². The number of nitrogens with zero attached hydrogens (tertiary/aromatic N) is 3. The van der Waals surface area contributed by atoms with Crippen molar-refractivity contribution in [3.8, 4) is 5.75 Å². The van der Waals surface area contributed by atoms with E-state index in [0.29, 0.717) is 18.2 Å². The molecule has 0 atom stereocenters. The van der Waals surface area contributed by atoms with Crippen molar-refractivity contribution in [3.63, 3.8) is 0 Å². The van der Waals surface area contributed by atoms with Gasteiger partial charge < -0.3 is 20.1 Å². The molecule has 2 heterocycles. The van der Waals surface area contributed by atoms with Crippen molar-refractivity contribution in [1.82, 2.24) is 15.3 Å². The number of likely N-dealkylation sites (N-methyl/N-ethyl adjacent to an activating group) is 1. The number of methoxy groups -OCH3 is 1. The molecule has 0 bridgehead atoms. The molecule has 0 unspecified atom stereocenters. The van der Waals surface area contributed by atoms with Crippen LogP contribution in [0.15, 0.2) is 48.0 Å². The van der Waals surface area contributed by atoms with E-state index in [1.807, 2.05) is 53.7 Å². The maximum absolute atomic E-state index is 12.3. The average molecular weight is 456 g/mol. The molecular weight excluding hydrogens is 426 g/mol. The molecule has 3 rings (SSSR count). The van der Waals surface area contributed by atoms with E-state index in [2.05, 4.69) is 34.4 Å². The zero-order valence-electron chi connectivity index (χ0n) is 18.8. The fourth-order valence-corrected chi connectivity index (χ4v) is 3.98. The number of aromatic nitrogens is 2. The molecule has 0 saturated heterocycles. The number of carbonyl (C=O) groups excluding carboxylic acids is 1. The van der Waals surface area contributed by atoms with Gasteiger partial charge in [-0.1, -0.05) is 32.0 Å². The minimum Gasteiger partial charge on any atom is -0.497 e. The fourth-order valence-electron chi connectivity index (χ4n) is 3.11. The van der Waals surface area contributed by atoms with Gasteiger partial charge in [0.05, 0.1) is 19.4 Å². The van der Waals surface area contributed by atoms with Crippen LogP contribution >= 0.6 is 11.3 Å². The van der Waals surface area contributed by atoms with Gasteiger partial charge >= 0.3 is 6.03 Å². The molecule has 2 amide bonds. The number of anilines is 2. The number of benzene rings is 1. The first-order chi connectivity index (χ1) is 15.3. The van der Waals surface area contributed by atoms with Crippen LogP contribution in [0.25, 0.3) is 0 Å². The number of thiazole rings is 1. The highest BCUT2D eigenvalue weighted by Gasteiger charge is 2.26. The summed E-state index contributed by atoms with van der Waals surface area (Å²) >= 11 is 1.39. The van der Waals surface area contributed by atoms with Gasteiger partial charge in [-0.15, -0.1) is 11.3 Å². The first-order valence-corrected chi connectivity index (χ1v) is 11.1. The summed E-state index contributed by atoms with van der Waals surface area (Å²) in [5.74, 6) is 1.57. The summed E-state index contributed by atoms with van der Waals surface area (Å²) in [7, 11) is 3.51. The maximum Gasteiger partial charge on any atom is 0.321 e. The van der Waals surface area contributed by atoms with Crippen molar-refractivity contribution in [1.29, 1.82) is 0 Å². The van der Waals surface area contributed by atoms with Crippen molar-refractivity contribution < 1.29 is 14.6 Å². The summed E-state index contributed by atoms with van der Waals surface area (Å²) in [5, 5.41) is 17.1. The number of amides is 2. The number of urea groups is 1. The van der Waals surface area contributed by atoms with Gasteiger partial charge in [-0.25, -0.2) is 14.8 Å². The molecule has 3 aromatic rings. The molecule has 9 heteroatoms. The first-order valence-electron chi connectivity index (χ1n) is 10.3. The molecule has 0 aliphatic heterocycles. The van der Waals surface area contributed by atoms with E-state index in [9.17, 15) is 4.79 Å². The molecule has 0 spiro atoms. The number of hydrogen-bond acceptors (Lipinski definition) is 7. The Kier molecular flexibility index (Phi) is 7.66. The van der Waals surface area contributed by atoms with Crippen LogP contribution in [-0.4, -0.2) is 48.4 Å². The molecule has 3 N–H and O–H groups in total. The van der Waals surface area contributed by atoms with Crippen LogP contribution in [0.1, 0.15) is 30.7 Å². The molecule has 32 heavy (non-hydrogen) atoms. The largest absolute Gasteiger partial charge is 0.497 e. The molecule has 0 aliphatic rings. The molecule has 0 aliphatic carbocycles. The normalized spacial score (nSPS) is 11.2. The molecule has 0 fully saturated rings. The van der Waals surface area contributed by atoms with E-state index in [1.54, 1.807) is 13.3 Å². The highest BCUT2D eigenvalue weighted by atomic mass is 32.1. The average Bonchev–Trinajstić information content (AvgIpc) is 3.27. The van der Waals surface area contributed by atoms with Crippen molar-refractivity contribution in [2.24, 2.45) is 0 Å². The lowest BCUT2D eigenvalue weighted by Gasteiger charge is -2.23. The summed E-state index contributed by atoms with van der Waals surface area (Å²) in [6.45, 7) is 5.12. The predicted octanol–water partition coefficient (Wildman–Crippen LogP) is 3.62. The second-order valence-corrected chi connectivity index (χ2v) is 8.73. The number of ether oxygens (including phenoxy) is 1. The van der Waals surface area contributed by atoms with E-state index in [4.69, 9.17) is 9.84 Å². The molecule has 8 nitrogen and oxygen atoms in total. The first kappa shape index (κ1) is 23.5. The predicted molar refractivity (Wildman–Crippen MR) is 128 cm³/mol. The highest BCUT2D eigenvalue weighted by molar-refractivity contribution is 7.13. The SMILES string of the molecule is COc1ccc(C(C)(C)c2csc(NC(=O)NCc3ccc(N(C)CCO)nc3)n2)cc1. The zero-order chi connectivity index (χ0) is 23.1. The fraction of sp³-hybridized carbons (Fsp3) is 0.348. The quantitative estimate of drug-likeness (QED) is 0.456. The lowest BCUT2D eigenvalue weighted by Crippen LogP contribution is -2.28. The van der Waals surface area contributed by atoms with Crippen LogP contribution in [0.4, 0.5) is 15.7 Å². The Hall–Kier alpha value is -3.17. The highest BCUT2D eigenvalue weighted by Crippen LogP contribution is 2.34. The third kappa shape index (κ3) is 5.74. The van der Waals surface area contributed by atoms with Crippen molar-refractivity contribution in [2.75, 3.05) is 37.5 Å². The van der Waals surface area contributed by atoms with Crippen LogP contribution in [0.2, 0.25) is 0 Å². The summed E-state index contributed by atoms with van der Waals surface area (Å²) in [4.78, 5) is 23.2. The Morgan fingerprint density at radius 3 is 2.59 bits per heavy atom. The molecular formula is C23H29N5O3S. The maximum atomic E-state index is 12.3. The summed E-state index contributed by atoms with van der Waals surface area (Å²) < 4.78 is 5.23. The summed E-state index contributed by atoms with van der Waals surface area (Å²) in [5.41, 5.74) is 2.56. The Bertz CT molecular complexity index is 1020. The number of hydrogen-bond donors (Lipinski definition) is 3. The molecule has 2 aromatic heterocycles. The Balaban J connectivity index is 1.56. The van der Waals surface area contributed by atoms with Crippen molar-refractivity contribution in [3.05, 3.63) is 64.8 Å². The minimum absolute atomic E-state index is 0.0669. The van der Waals surface area contributed by atoms with Gasteiger partial charge in [-0.2, -0.15) is 0 Å². The molecule has 170 valence electrons. The number of aliphatic hydroxyl groups is 1. The van der Waals surface area contributed by atoms with Crippen molar-refractivity contribution >= 4 is 28.3 Å². The topological polar surface area (TPSA) is 99.6 Å².